The Morgan fingerprint density at radius 2 is 2.14 bits per heavy atom. The maximum absolute atomic E-state index is 13.7. The van der Waals surface area contributed by atoms with E-state index in [1.54, 1.807) is 5.38 Å². The zero-order chi connectivity index (χ0) is 15.3. The molecule has 3 rings (SSSR count). The molecular formula is C13H7F2NO4S. The van der Waals surface area contributed by atoms with E-state index in [0.717, 1.165) is 17.4 Å². The van der Waals surface area contributed by atoms with Gasteiger partial charge in [0.15, 0.2) is 11.6 Å². The molecule has 3 aromatic rings. The summed E-state index contributed by atoms with van der Waals surface area (Å²) in [7, 11) is 0. The second kappa shape index (κ2) is 4.52. The summed E-state index contributed by atoms with van der Waals surface area (Å²) in [6, 6.07) is 0.906. The summed E-state index contributed by atoms with van der Waals surface area (Å²) in [5, 5.41) is 10.2. The van der Waals surface area contributed by atoms with Crippen molar-refractivity contribution < 1.29 is 23.4 Å². The average Bonchev–Trinajstić information content (AvgIpc) is 2.89. The second-order valence-corrected chi connectivity index (χ2v) is 5.19. The number of hydrogen-bond donors (Lipinski definition) is 1. The van der Waals surface area contributed by atoms with Gasteiger partial charge in [-0.15, -0.1) is 11.3 Å². The van der Waals surface area contributed by atoms with Crippen LogP contribution in [0.25, 0.3) is 15.7 Å². The summed E-state index contributed by atoms with van der Waals surface area (Å²) in [4.78, 5) is 23.3. The molecule has 0 saturated heterocycles. The van der Waals surface area contributed by atoms with Gasteiger partial charge in [-0.2, -0.15) is 0 Å². The highest BCUT2D eigenvalue weighted by molar-refractivity contribution is 7.16. The Bertz CT molecular complexity index is 960. The Morgan fingerprint density at radius 3 is 2.81 bits per heavy atom. The fourth-order valence-corrected chi connectivity index (χ4v) is 3.06. The smallest absolute Gasteiger partial charge is 0.449 e. The molecule has 0 aliphatic carbocycles. The topological polar surface area (TPSA) is 68.0 Å². The summed E-state index contributed by atoms with van der Waals surface area (Å²) in [5.74, 6) is -2.64. The van der Waals surface area contributed by atoms with Gasteiger partial charge in [-0.05, 0) is 6.92 Å². The Kier molecular flexibility index (Phi) is 2.91. The number of benzene rings is 1. The molecule has 2 heterocycles. The molecule has 0 unspecified atom stereocenters. The van der Waals surface area contributed by atoms with Gasteiger partial charge in [-0.1, -0.05) is 0 Å². The van der Waals surface area contributed by atoms with E-state index in [2.05, 4.69) is 4.74 Å². The SMILES string of the molecule is Cc1c(F)c(F)cc2c1c(=O)c(OC(=O)O)c1sccn12. The molecule has 108 valence electrons. The number of carboxylic acid groups (broad SMARTS) is 1. The molecule has 0 radical (unpaired) electrons. The largest absolute Gasteiger partial charge is 0.511 e. The highest BCUT2D eigenvalue weighted by atomic mass is 32.1. The predicted molar refractivity (Wildman–Crippen MR) is 72.4 cm³/mol. The van der Waals surface area contributed by atoms with Crippen LogP contribution < -0.4 is 10.2 Å². The zero-order valence-corrected chi connectivity index (χ0v) is 11.3. The van der Waals surface area contributed by atoms with Gasteiger partial charge in [-0.25, -0.2) is 13.6 Å². The van der Waals surface area contributed by atoms with Gasteiger partial charge in [0.05, 0.1) is 10.9 Å². The van der Waals surface area contributed by atoms with Crippen LogP contribution in [0.1, 0.15) is 5.56 Å². The third kappa shape index (κ3) is 1.87. The molecule has 2 aromatic heterocycles. The number of fused-ring (bicyclic) bond motifs is 3. The Balaban J connectivity index is 2.59. The van der Waals surface area contributed by atoms with Crippen molar-refractivity contribution in [2.75, 3.05) is 0 Å². The van der Waals surface area contributed by atoms with Crippen molar-refractivity contribution in [1.82, 2.24) is 4.40 Å². The lowest BCUT2D eigenvalue weighted by Crippen LogP contribution is -2.16. The number of aromatic nitrogens is 1. The molecule has 0 atom stereocenters. The van der Waals surface area contributed by atoms with Crippen molar-refractivity contribution in [3.63, 3.8) is 0 Å². The highest BCUT2D eigenvalue weighted by Crippen LogP contribution is 2.29. The summed E-state index contributed by atoms with van der Waals surface area (Å²) in [6.45, 7) is 1.26. The number of aryl methyl sites for hydroxylation is 1. The van der Waals surface area contributed by atoms with E-state index >= 15 is 0 Å². The van der Waals surface area contributed by atoms with Crippen molar-refractivity contribution in [3.8, 4) is 5.75 Å². The number of rotatable bonds is 1. The van der Waals surface area contributed by atoms with Gasteiger partial charge in [0.25, 0.3) is 0 Å². The zero-order valence-electron chi connectivity index (χ0n) is 10.5. The number of ether oxygens (including phenoxy) is 1. The van der Waals surface area contributed by atoms with Crippen LogP contribution in [0.2, 0.25) is 0 Å². The molecule has 5 nitrogen and oxygen atoms in total. The maximum atomic E-state index is 13.7. The first-order chi connectivity index (χ1) is 9.91. The van der Waals surface area contributed by atoms with Gasteiger partial charge in [0, 0.05) is 23.2 Å². The number of pyridine rings is 1. The Hall–Kier alpha value is -2.48. The molecular weight excluding hydrogens is 304 g/mol. The minimum absolute atomic E-state index is 0.110. The van der Waals surface area contributed by atoms with E-state index in [1.807, 2.05) is 0 Å². The van der Waals surface area contributed by atoms with E-state index < -0.39 is 29.0 Å². The van der Waals surface area contributed by atoms with E-state index in [9.17, 15) is 18.4 Å². The van der Waals surface area contributed by atoms with E-state index in [-0.39, 0.29) is 21.3 Å². The van der Waals surface area contributed by atoms with Gasteiger partial charge in [-0.3, -0.25) is 4.79 Å². The molecule has 0 amide bonds. The van der Waals surface area contributed by atoms with Crippen LogP contribution in [0.4, 0.5) is 13.6 Å². The van der Waals surface area contributed by atoms with Gasteiger partial charge < -0.3 is 14.2 Å². The minimum Gasteiger partial charge on any atom is -0.449 e. The highest BCUT2D eigenvalue weighted by Gasteiger charge is 2.21. The molecule has 8 heteroatoms. The fourth-order valence-electron chi connectivity index (χ4n) is 2.23. The molecule has 0 saturated carbocycles. The van der Waals surface area contributed by atoms with E-state index in [0.29, 0.717) is 0 Å². The number of hydrogen-bond acceptors (Lipinski definition) is 4. The minimum atomic E-state index is -1.65. The summed E-state index contributed by atoms with van der Waals surface area (Å²) < 4.78 is 33.2. The van der Waals surface area contributed by atoms with Crippen LogP contribution in [0, 0.1) is 18.6 Å². The predicted octanol–water partition coefficient (Wildman–Crippen LogP) is 3.16. The van der Waals surface area contributed by atoms with Gasteiger partial charge in [0.1, 0.15) is 4.83 Å². The van der Waals surface area contributed by atoms with Crippen LogP contribution >= 0.6 is 11.3 Å². The van der Waals surface area contributed by atoms with Crippen molar-refractivity contribution >= 4 is 33.2 Å². The lowest BCUT2D eigenvalue weighted by atomic mass is 10.1. The first kappa shape index (κ1) is 13.5. The van der Waals surface area contributed by atoms with Crippen molar-refractivity contribution in [2.45, 2.75) is 6.92 Å². The van der Waals surface area contributed by atoms with Crippen molar-refractivity contribution in [1.29, 1.82) is 0 Å². The third-order valence-corrected chi connectivity index (χ3v) is 3.98. The first-order valence-corrected chi connectivity index (χ1v) is 6.60. The van der Waals surface area contributed by atoms with Crippen LogP contribution in [0.15, 0.2) is 22.4 Å². The number of halogens is 2. The van der Waals surface area contributed by atoms with E-state index in [4.69, 9.17) is 5.11 Å². The van der Waals surface area contributed by atoms with E-state index in [1.165, 1.54) is 17.5 Å². The van der Waals surface area contributed by atoms with Crippen LogP contribution in [0.3, 0.4) is 0 Å². The van der Waals surface area contributed by atoms with Crippen molar-refractivity contribution in [3.05, 3.63) is 45.1 Å². The maximum Gasteiger partial charge on any atom is 0.511 e. The number of carbonyl (C=O) groups is 1. The lowest BCUT2D eigenvalue weighted by molar-refractivity contribution is 0.144. The molecule has 1 aromatic carbocycles. The number of nitrogens with zero attached hydrogens (tertiary/aromatic N) is 1. The summed E-state index contributed by atoms with van der Waals surface area (Å²) in [6.07, 6.45) is -0.130. The second-order valence-electron chi connectivity index (χ2n) is 4.30. The summed E-state index contributed by atoms with van der Waals surface area (Å²) >= 11 is 1.06. The summed E-state index contributed by atoms with van der Waals surface area (Å²) in [5.41, 5.74) is -0.817. The molecule has 1 N–H and O–H groups in total. The quantitative estimate of drug-likeness (QED) is 0.701. The fraction of sp³-hybridized carbons (Fsp3) is 0.0769. The lowest BCUT2D eigenvalue weighted by Gasteiger charge is -2.09. The van der Waals surface area contributed by atoms with Crippen LogP contribution in [-0.4, -0.2) is 15.7 Å². The molecule has 0 aliphatic heterocycles. The van der Waals surface area contributed by atoms with Gasteiger partial charge in [0.2, 0.25) is 11.2 Å². The third-order valence-electron chi connectivity index (χ3n) is 3.12. The van der Waals surface area contributed by atoms with Crippen LogP contribution in [-0.2, 0) is 0 Å². The van der Waals surface area contributed by atoms with Gasteiger partial charge >= 0.3 is 6.16 Å². The first-order valence-electron chi connectivity index (χ1n) is 5.72. The average molecular weight is 311 g/mol. The monoisotopic (exact) mass is 311 g/mol. The Labute approximate surface area is 119 Å². The molecule has 0 aliphatic rings. The molecule has 0 bridgehead atoms. The number of thiazole rings is 1. The van der Waals surface area contributed by atoms with Crippen molar-refractivity contribution in [2.24, 2.45) is 0 Å². The molecule has 0 spiro atoms. The van der Waals surface area contributed by atoms with Crippen LogP contribution in [0.5, 0.6) is 5.75 Å². The molecule has 0 fully saturated rings. The standard InChI is InChI=1S/C13H7F2NO4S/c1-5-8-7(4-6(14)9(5)15)16-2-3-21-12(16)11(10(8)17)20-13(18)19/h2-4H,1H3,(H,18,19). The normalized spacial score (nSPS) is 11.2. The molecule has 21 heavy (non-hydrogen) atoms. The Morgan fingerprint density at radius 1 is 1.43 bits per heavy atom.